The highest BCUT2D eigenvalue weighted by molar-refractivity contribution is 8.00. The maximum absolute atomic E-state index is 13.1. The molecular formula is C22H21F3N4O4S. The van der Waals surface area contributed by atoms with Crippen molar-refractivity contribution in [1.29, 1.82) is 0 Å². The van der Waals surface area contributed by atoms with Gasteiger partial charge in [-0.05, 0) is 54.6 Å². The third-order valence-electron chi connectivity index (χ3n) is 5.59. The summed E-state index contributed by atoms with van der Waals surface area (Å²) in [5, 5.41) is 0. The van der Waals surface area contributed by atoms with E-state index in [1.165, 1.54) is 41.6 Å². The van der Waals surface area contributed by atoms with E-state index in [1.807, 2.05) is 0 Å². The summed E-state index contributed by atoms with van der Waals surface area (Å²) in [5.41, 5.74) is -3.38. The monoisotopic (exact) mass is 494 g/mol. The smallest absolute Gasteiger partial charge is 0.378 e. The average Bonchev–Trinajstić information content (AvgIpc) is 3.02. The molecular weight excluding hydrogens is 473 g/mol. The maximum atomic E-state index is 13.1. The zero-order valence-corrected chi connectivity index (χ0v) is 18.9. The lowest BCUT2D eigenvalue weighted by Crippen LogP contribution is -2.41. The van der Waals surface area contributed by atoms with Gasteiger partial charge in [0, 0.05) is 36.9 Å². The second-order valence-electron chi connectivity index (χ2n) is 7.74. The molecule has 1 atom stereocenters. The second-order valence-corrected chi connectivity index (χ2v) is 8.88. The van der Waals surface area contributed by atoms with Gasteiger partial charge in [-0.1, -0.05) is 0 Å². The van der Waals surface area contributed by atoms with Crippen molar-refractivity contribution in [1.82, 2.24) is 14.8 Å². The molecule has 0 radical (unpaired) electrons. The number of hydrogen-bond acceptors (Lipinski definition) is 6. The Labute approximate surface area is 197 Å². The Balaban J connectivity index is 1.54. The number of carbonyl (C=O) groups is 3. The molecule has 4 amide bonds. The molecule has 0 spiro atoms. The van der Waals surface area contributed by atoms with Gasteiger partial charge < -0.3 is 14.5 Å². The van der Waals surface area contributed by atoms with E-state index in [2.05, 4.69) is 4.98 Å². The number of morpholine rings is 1. The SMILES string of the molecule is CC1C(=O)N(c2ccc(SC(F)(F)F)cc2)C(=O)N1Cc1ccncc1C(=O)N1CCOCC1. The highest BCUT2D eigenvalue weighted by atomic mass is 32.2. The molecule has 34 heavy (non-hydrogen) atoms. The summed E-state index contributed by atoms with van der Waals surface area (Å²) in [6.07, 6.45) is 2.95. The van der Waals surface area contributed by atoms with Crippen LogP contribution in [0.2, 0.25) is 0 Å². The predicted molar refractivity (Wildman–Crippen MR) is 117 cm³/mol. The molecule has 1 unspecified atom stereocenters. The van der Waals surface area contributed by atoms with Crippen LogP contribution in [0.15, 0.2) is 47.6 Å². The zero-order valence-electron chi connectivity index (χ0n) is 18.1. The Morgan fingerprint density at radius 3 is 2.47 bits per heavy atom. The highest BCUT2D eigenvalue weighted by Crippen LogP contribution is 2.38. The van der Waals surface area contributed by atoms with Crippen molar-refractivity contribution in [3.05, 3.63) is 53.9 Å². The summed E-state index contributed by atoms with van der Waals surface area (Å²) in [6.45, 7) is 3.33. The molecule has 1 aromatic carbocycles. The lowest BCUT2D eigenvalue weighted by molar-refractivity contribution is -0.119. The van der Waals surface area contributed by atoms with Crippen LogP contribution in [0, 0.1) is 0 Å². The Morgan fingerprint density at radius 2 is 1.82 bits per heavy atom. The molecule has 0 saturated carbocycles. The largest absolute Gasteiger partial charge is 0.446 e. The topological polar surface area (TPSA) is 83.1 Å². The predicted octanol–water partition coefficient (Wildman–Crippen LogP) is 3.52. The van der Waals surface area contributed by atoms with Gasteiger partial charge in [0.05, 0.1) is 24.5 Å². The Kier molecular flexibility index (Phi) is 6.80. The fourth-order valence-corrected chi connectivity index (χ4v) is 4.36. The number of pyridine rings is 1. The lowest BCUT2D eigenvalue weighted by atomic mass is 10.1. The number of alkyl halides is 3. The van der Waals surface area contributed by atoms with E-state index in [1.54, 1.807) is 17.9 Å². The molecule has 0 bridgehead atoms. The van der Waals surface area contributed by atoms with Crippen molar-refractivity contribution in [3.63, 3.8) is 0 Å². The van der Waals surface area contributed by atoms with Crippen molar-refractivity contribution in [2.45, 2.75) is 29.9 Å². The number of aromatic nitrogens is 1. The molecule has 2 aliphatic heterocycles. The minimum absolute atomic E-state index is 0.00180. The number of thioether (sulfide) groups is 1. The number of anilines is 1. The van der Waals surface area contributed by atoms with Gasteiger partial charge in [0.2, 0.25) is 0 Å². The van der Waals surface area contributed by atoms with Crippen LogP contribution in [0.25, 0.3) is 0 Å². The summed E-state index contributed by atoms with van der Waals surface area (Å²) < 4.78 is 43.0. The number of benzene rings is 1. The Morgan fingerprint density at radius 1 is 1.15 bits per heavy atom. The van der Waals surface area contributed by atoms with Crippen LogP contribution in [0.1, 0.15) is 22.8 Å². The number of ether oxygens (including phenoxy) is 1. The fourth-order valence-electron chi connectivity index (χ4n) is 3.82. The van der Waals surface area contributed by atoms with Crippen LogP contribution in [-0.2, 0) is 16.1 Å². The van der Waals surface area contributed by atoms with Gasteiger partial charge in [0.15, 0.2) is 0 Å². The van der Waals surface area contributed by atoms with E-state index >= 15 is 0 Å². The van der Waals surface area contributed by atoms with Gasteiger partial charge in [-0.25, -0.2) is 9.69 Å². The highest BCUT2D eigenvalue weighted by Gasteiger charge is 2.43. The molecule has 0 aliphatic carbocycles. The van der Waals surface area contributed by atoms with Crippen LogP contribution >= 0.6 is 11.8 Å². The number of amides is 4. The molecule has 1 aromatic heterocycles. The van der Waals surface area contributed by atoms with E-state index in [4.69, 9.17) is 4.74 Å². The molecule has 2 aromatic rings. The number of urea groups is 1. The maximum Gasteiger partial charge on any atom is 0.446 e. The first-order valence-electron chi connectivity index (χ1n) is 10.5. The third-order valence-corrected chi connectivity index (χ3v) is 6.33. The van der Waals surface area contributed by atoms with Crippen LogP contribution in [0.4, 0.5) is 23.7 Å². The van der Waals surface area contributed by atoms with Gasteiger partial charge in [0.1, 0.15) is 6.04 Å². The molecule has 180 valence electrons. The quantitative estimate of drug-likeness (QED) is 0.467. The molecule has 2 aliphatic rings. The van der Waals surface area contributed by atoms with Gasteiger partial charge in [0.25, 0.3) is 11.8 Å². The average molecular weight is 494 g/mol. The number of imide groups is 1. The molecule has 2 saturated heterocycles. The molecule has 2 fully saturated rings. The van der Waals surface area contributed by atoms with Crippen molar-refractivity contribution < 1.29 is 32.3 Å². The molecule has 4 rings (SSSR count). The van der Waals surface area contributed by atoms with E-state index in [-0.39, 0.29) is 34.8 Å². The zero-order chi connectivity index (χ0) is 24.5. The summed E-state index contributed by atoms with van der Waals surface area (Å²) in [6, 6.07) is 5.22. The first kappa shape index (κ1) is 24.0. The number of rotatable bonds is 5. The van der Waals surface area contributed by atoms with Crippen LogP contribution in [-0.4, -0.2) is 70.5 Å². The minimum Gasteiger partial charge on any atom is -0.378 e. The minimum atomic E-state index is -4.44. The van der Waals surface area contributed by atoms with Crippen LogP contribution in [0.3, 0.4) is 0 Å². The van der Waals surface area contributed by atoms with Crippen molar-refractivity contribution in [3.8, 4) is 0 Å². The van der Waals surface area contributed by atoms with E-state index in [0.717, 1.165) is 4.90 Å². The van der Waals surface area contributed by atoms with E-state index < -0.39 is 23.5 Å². The van der Waals surface area contributed by atoms with E-state index in [0.29, 0.717) is 37.4 Å². The standard InChI is InChI=1S/C22H21F3N4O4S/c1-14-19(30)29(16-2-4-17(5-3-16)34-22(23,24)25)21(32)28(14)13-15-6-7-26-12-18(15)20(31)27-8-10-33-11-9-27/h2-7,12,14H,8-11,13H2,1H3. The summed E-state index contributed by atoms with van der Waals surface area (Å²) in [4.78, 5) is 46.9. The van der Waals surface area contributed by atoms with Gasteiger partial charge in [-0.15, -0.1) is 0 Å². The third kappa shape index (κ3) is 5.02. The van der Waals surface area contributed by atoms with Crippen molar-refractivity contribution in [2.75, 3.05) is 31.2 Å². The van der Waals surface area contributed by atoms with Crippen LogP contribution in [0.5, 0.6) is 0 Å². The molecule has 0 N–H and O–H groups in total. The van der Waals surface area contributed by atoms with Gasteiger partial charge >= 0.3 is 11.5 Å². The lowest BCUT2D eigenvalue weighted by Gasteiger charge is -2.28. The Hall–Kier alpha value is -3.12. The van der Waals surface area contributed by atoms with Gasteiger partial charge in [-0.3, -0.25) is 14.6 Å². The molecule has 12 heteroatoms. The fraction of sp³-hybridized carbons (Fsp3) is 0.364. The first-order valence-corrected chi connectivity index (χ1v) is 11.3. The summed E-state index contributed by atoms with van der Waals surface area (Å²) in [7, 11) is 0. The summed E-state index contributed by atoms with van der Waals surface area (Å²) >= 11 is -0.276. The Bertz CT molecular complexity index is 1090. The normalized spacial score (nSPS) is 19.2. The molecule has 3 heterocycles. The van der Waals surface area contributed by atoms with E-state index in [9.17, 15) is 27.6 Å². The molecule has 8 nitrogen and oxygen atoms in total. The number of nitrogens with zero attached hydrogens (tertiary/aromatic N) is 4. The summed E-state index contributed by atoms with van der Waals surface area (Å²) in [5.74, 6) is -0.733. The van der Waals surface area contributed by atoms with Crippen molar-refractivity contribution in [2.24, 2.45) is 0 Å². The number of carbonyl (C=O) groups excluding carboxylic acids is 3. The number of halogens is 3. The second kappa shape index (κ2) is 9.63. The van der Waals surface area contributed by atoms with Crippen LogP contribution < -0.4 is 4.90 Å². The van der Waals surface area contributed by atoms with Crippen molar-refractivity contribution >= 4 is 35.3 Å². The number of hydrogen-bond donors (Lipinski definition) is 0. The van der Waals surface area contributed by atoms with Gasteiger partial charge in [-0.2, -0.15) is 13.2 Å². The first-order chi connectivity index (χ1) is 16.2.